The molecule has 4 N–H and O–H groups in total. The van der Waals surface area contributed by atoms with Gasteiger partial charge in [0, 0.05) is 22.1 Å². The van der Waals surface area contributed by atoms with Gasteiger partial charge in [-0.3, -0.25) is 9.59 Å². The van der Waals surface area contributed by atoms with E-state index in [-0.39, 0.29) is 69.9 Å². The van der Waals surface area contributed by atoms with E-state index in [1.807, 2.05) is 0 Å². The zero-order chi connectivity index (χ0) is 33.2. The third-order valence-corrected chi connectivity index (χ3v) is 8.42. The predicted molar refractivity (Wildman–Crippen MR) is 152 cm³/mol. The van der Waals surface area contributed by atoms with Crippen molar-refractivity contribution in [1.82, 2.24) is 20.5 Å². The lowest BCUT2D eigenvalue weighted by atomic mass is 9.81. The highest BCUT2D eigenvalue weighted by atomic mass is 19.4. The summed E-state index contributed by atoms with van der Waals surface area (Å²) in [5.74, 6) is -2.56. The number of methoxy groups -OCH3 is 1. The number of nitrogens with one attached hydrogen (secondary N) is 1. The van der Waals surface area contributed by atoms with Crippen LogP contribution in [0.25, 0.3) is 22.2 Å². The number of fused-ring (bicyclic) bond motifs is 2. The fourth-order valence-electron chi connectivity index (χ4n) is 5.25. The first-order chi connectivity index (χ1) is 21.6. The molecule has 2 aromatic heterocycles. The number of hydrogen-bond donors (Lipinski definition) is 3. The van der Waals surface area contributed by atoms with E-state index in [1.165, 1.54) is 44.4 Å². The molecule has 1 aliphatic carbocycles. The number of benzene rings is 2. The molecule has 3 heterocycles. The molecule has 1 unspecified atom stereocenters. The number of carbonyl (C=O) groups excluding carboxylic acids is 2. The molecule has 10 nitrogen and oxygen atoms in total. The molecule has 0 saturated heterocycles. The summed E-state index contributed by atoms with van der Waals surface area (Å²) in [7, 11) is 1.29. The second kappa shape index (κ2) is 10.6. The number of nitrogens with two attached hydrogens (primary N) is 1. The molecule has 0 spiro atoms. The van der Waals surface area contributed by atoms with Gasteiger partial charge < -0.3 is 25.6 Å². The highest BCUT2D eigenvalue weighted by Crippen LogP contribution is 2.49. The average Bonchev–Trinajstić information content (AvgIpc) is 3.69. The lowest BCUT2D eigenvalue weighted by Gasteiger charge is -2.31. The molecule has 240 valence electrons. The van der Waals surface area contributed by atoms with Crippen molar-refractivity contribution in [3.05, 3.63) is 76.9 Å². The number of ether oxygens (including phenoxy) is 2. The fraction of sp³-hybridized carbons (Fsp3) is 0.323. The zero-order valence-electron chi connectivity index (χ0n) is 24.3. The summed E-state index contributed by atoms with van der Waals surface area (Å²) < 4.78 is 83.5. The Morgan fingerprint density at radius 1 is 1.11 bits per heavy atom. The molecule has 2 aliphatic rings. The number of carbonyl (C=O) groups is 2. The minimum atomic E-state index is -5.41. The number of pyridine rings is 1. The van der Waals surface area contributed by atoms with E-state index in [0.717, 1.165) is 18.2 Å². The molecule has 0 bridgehead atoms. The Kier molecular flexibility index (Phi) is 7.14. The normalized spacial score (nSPS) is 19.6. The van der Waals surface area contributed by atoms with Crippen molar-refractivity contribution in [2.24, 2.45) is 5.73 Å². The number of primary amides is 1. The predicted octanol–water partition coefficient (Wildman–Crippen LogP) is 4.11. The van der Waals surface area contributed by atoms with Crippen molar-refractivity contribution in [2.75, 3.05) is 20.3 Å². The van der Waals surface area contributed by atoms with Crippen LogP contribution in [0.5, 0.6) is 11.5 Å². The maximum atomic E-state index is 14.7. The molecule has 1 fully saturated rings. The van der Waals surface area contributed by atoms with Crippen molar-refractivity contribution in [3.8, 4) is 22.8 Å². The van der Waals surface area contributed by atoms with Gasteiger partial charge in [0.1, 0.15) is 46.2 Å². The summed E-state index contributed by atoms with van der Waals surface area (Å²) in [5, 5.41) is 21.5. The third kappa shape index (κ3) is 5.04. The number of rotatable bonds is 8. The summed E-state index contributed by atoms with van der Waals surface area (Å²) >= 11 is 0. The van der Waals surface area contributed by atoms with Gasteiger partial charge in [-0.15, -0.1) is 5.10 Å². The lowest BCUT2D eigenvalue weighted by molar-refractivity contribution is -0.265. The van der Waals surface area contributed by atoms with Crippen LogP contribution >= 0.6 is 0 Å². The van der Waals surface area contributed by atoms with Crippen molar-refractivity contribution in [3.63, 3.8) is 0 Å². The Hall–Kier alpha value is -4.92. The first-order valence-corrected chi connectivity index (χ1v) is 14.0. The van der Waals surface area contributed by atoms with Crippen molar-refractivity contribution >= 4 is 22.7 Å². The van der Waals surface area contributed by atoms with E-state index < -0.39 is 52.7 Å². The number of aromatic nitrogens is 3. The molecular formula is C31H26F5N5O5. The Bertz CT molecular complexity index is 1900. The van der Waals surface area contributed by atoms with E-state index in [4.69, 9.17) is 15.2 Å². The Labute approximate surface area is 257 Å². The molecule has 2 atom stereocenters. The van der Waals surface area contributed by atoms with Gasteiger partial charge >= 0.3 is 6.18 Å². The Morgan fingerprint density at radius 2 is 1.80 bits per heavy atom. The maximum Gasteiger partial charge on any atom is 0.424 e. The van der Waals surface area contributed by atoms with Gasteiger partial charge in [-0.2, -0.15) is 18.3 Å². The van der Waals surface area contributed by atoms with Crippen LogP contribution in [0.15, 0.2) is 48.5 Å². The van der Waals surface area contributed by atoms with Gasteiger partial charge in [-0.1, -0.05) is 0 Å². The van der Waals surface area contributed by atoms with Crippen LogP contribution < -0.4 is 20.5 Å². The smallest absolute Gasteiger partial charge is 0.424 e. The molecule has 6 rings (SSSR count). The summed E-state index contributed by atoms with van der Waals surface area (Å²) in [5.41, 5.74) is -2.46. The highest BCUT2D eigenvalue weighted by molar-refractivity contribution is 6.00. The van der Waals surface area contributed by atoms with Gasteiger partial charge in [-0.25, -0.2) is 13.8 Å². The number of hydrogen-bond acceptors (Lipinski definition) is 8. The third-order valence-electron chi connectivity index (χ3n) is 8.42. The molecule has 0 radical (unpaired) electrons. The van der Waals surface area contributed by atoms with Gasteiger partial charge in [0.2, 0.25) is 11.5 Å². The van der Waals surface area contributed by atoms with E-state index in [1.54, 1.807) is 0 Å². The maximum absolute atomic E-state index is 14.7. The Balaban J connectivity index is 1.40. The quantitative estimate of drug-likeness (QED) is 0.243. The van der Waals surface area contributed by atoms with Crippen molar-refractivity contribution in [1.29, 1.82) is 0 Å². The lowest BCUT2D eigenvalue weighted by Crippen LogP contribution is -2.51. The number of alkyl halides is 4. The van der Waals surface area contributed by atoms with Crippen molar-refractivity contribution < 1.29 is 46.1 Å². The molecule has 4 aromatic rings. The Morgan fingerprint density at radius 3 is 2.41 bits per heavy atom. The second-order valence-electron chi connectivity index (χ2n) is 11.6. The van der Waals surface area contributed by atoms with Crippen LogP contribution in [-0.4, -0.2) is 58.5 Å². The largest absolute Gasteiger partial charge is 0.494 e. The van der Waals surface area contributed by atoms with Crippen LogP contribution in [0.4, 0.5) is 22.0 Å². The fourth-order valence-corrected chi connectivity index (χ4v) is 5.25. The van der Waals surface area contributed by atoms with Gasteiger partial charge in [0.25, 0.3) is 5.91 Å². The molecule has 15 heteroatoms. The average molecular weight is 644 g/mol. The minimum Gasteiger partial charge on any atom is -0.494 e. The summed E-state index contributed by atoms with van der Waals surface area (Å²) in [6.45, 7) is -0.367. The summed E-state index contributed by atoms with van der Waals surface area (Å²) in [6.07, 6.45) is -4.90. The van der Waals surface area contributed by atoms with Crippen LogP contribution in [0, 0.1) is 5.82 Å². The molecule has 2 amide bonds. The number of aliphatic hydroxyl groups is 1. The minimum absolute atomic E-state index is 0.0534. The zero-order valence-corrected chi connectivity index (χ0v) is 24.3. The van der Waals surface area contributed by atoms with Crippen molar-refractivity contribution in [2.45, 2.75) is 42.6 Å². The molecule has 2 aromatic carbocycles. The summed E-state index contributed by atoms with van der Waals surface area (Å²) in [4.78, 5) is 29.8. The van der Waals surface area contributed by atoms with Crippen LogP contribution in [-0.2, 0) is 21.5 Å². The highest BCUT2D eigenvalue weighted by Gasteiger charge is 2.58. The standard InChI is InChI=1S/C31H26F5N5O5/c1-28(27(37)43)14-46-25-19(28)12-22(39-24(25)15-3-5-18(32)6-4-15)30(44,31(34,35)36)13-38-26(42)17-9-16-11-21(29(33)7-8-29)40-41-23(16)20(10-17)45-2/h3-6,9-12,44H,7-8,13-14H2,1-2H3,(H2,37,43)(H,38,42)/t28-,30?/m0/s1. The molecule has 1 saturated carbocycles. The van der Waals surface area contributed by atoms with Crippen LogP contribution in [0.2, 0.25) is 0 Å². The van der Waals surface area contributed by atoms with E-state index in [2.05, 4.69) is 20.5 Å². The van der Waals surface area contributed by atoms with E-state index >= 15 is 0 Å². The first-order valence-electron chi connectivity index (χ1n) is 14.0. The number of nitrogens with zero attached hydrogens (tertiary/aromatic N) is 3. The molecule has 1 aliphatic heterocycles. The van der Waals surface area contributed by atoms with E-state index in [0.29, 0.717) is 0 Å². The number of amides is 2. The monoisotopic (exact) mass is 643 g/mol. The molecule has 46 heavy (non-hydrogen) atoms. The van der Waals surface area contributed by atoms with Gasteiger partial charge in [0.05, 0.1) is 19.3 Å². The van der Waals surface area contributed by atoms with Crippen LogP contribution in [0.1, 0.15) is 47.1 Å². The van der Waals surface area contributed by atoms with E-state index in [9.17, 15) is 36.6 Å². The second-order valence-corrected chi connectivity index (χ2v) is 11.6. The van der Waals surface area contributed by atoms with Gasteiger partial charge in [-0.05, 0) is 68.3 Å². The summed E-state index contributed by atoms with van der Waals surface area (Å²) in [6, 6.07) is 9.37. The molecular weight excluding hydrogens is 617 g/mol. The number of halogens is 5. The van der Waals surface area contributed by atoms with Crippen LogP contribution in [0.3, 0.4) is 0 Å². The van der Waals surface area contributed by atoms with Gasteiger partial charge in [0.15, 0.2) is 5.67 Å². The SMILES string of the molecule is COc1cc(C(=O)NCC(O)(c2cc3c(c(-c4ccc(F)cc4)n2)OC[C@]3(C)C(N)=O)C(F)(F)F)cc2cc(C3(F)CC3)nnc12. The topological polar surface area (TPSA) is 150 Å². The first kappa shape index (κ1) is 31.1.